The van der Waals surface area contributed by atoms with E-state index in [9.17, 15) is 14.0 Å². The second-order valence-corrected chi connectivity index (χ2v) is 7.53. The van der Waals surface area contributed by atoms with E-state index < -0.39 is 5.82 Å². The monoisotopic (exact) mass is 447 g/mol. The van der Waals surface area contributed by atoms with E-state index in [2.05, 4.69) is 11.8 Å². The number of furan rings is 1. The molecule has 33 heavy (non-hydrogen) atoms. The third kappa shape index (κ3) is 5.68. The third-order valence-corrected chi connectivity index (χ3v) is 5.10. The summed E-state index contributed by atoms with van der Waals surface area (Å²) in [5, 5.41) is 0. The molecule has 2 heterocycles. The maximum atomic E-state index is 14.0. The van der Waals surface area contributed by atoms with Crippen molar-refractivity contribution >= 4 is 11.7 Å². The Balaban J connectivity index is 1.34. The number of nitrogens with zero attached hydrogens (tertiary/aromatic N) is 1. The van der Waals surface area contributed by atoms with Gasteiger partial charge in [0.1, 0.15) is 24.3 Å². The van der Waals surface area contributed by atoms with E-state index >= 15 is 0 Å². The fourth-order valence-electron chi connectivity index (χ4n) is 3.40. The minimum absolute atomic E-state index is 0.0133. The lowest BCUT2D eigenvalue weighted by Crippen LogP contribution is -2.47. The molecule has 0 spiro atoms. The predicted octanol–water partition coefficient (Wildman–Crippen LogP) is 3.94. The van der Waals surface area contributed by atoms with Crippen LogP contribution in [0.25, 0.3) is 0 Å². The highest BCUT2D eigenvalue weighted by Gasteiger charge is 2.27. The van der Waals surface area contributed by atoms with Gasteiger partial charge in [-0.2, -0.15) is 0 Å². The van der Waals surface area contributed by atoms with Gasteiger partial charge in [0.2, 0.25) is 0 Å². The first kappa shape index (κ1) is 22.3. The van der Waals surface area contributed by atoms with Crippen LogP contribution in [0.1, 0.15) is 39.2 Å². The quantitative estimate of drug-likeness (QED) is 0.438. The molecule has 1 atom stereocenters. The Kier molecular flexibility index (Phi) is 6.86. The highest BCUT2D eigenvalue weighted by Crippen LogP contribution is 2.19. The van der Waals surface area contributed by atoms with Crippen molar-refractivity contribution < 1.29 is 27.9 Å². The van der Waals surface area contributed by atoms with Crippen molar-refractivity contribution in [3.63, 3.8) is 0 Å². The molecule has 0 radical (unpaired) electrons. The van der Waals surface area contributed by atoms with Gasteiger partial charge in [0.05, 0.1) is 18.7 Å². The molecule has 0 aliphatic carbocycles. The van der Waals surface area contributed by atoms with Gasteiger partial charge in [0.15, 0.2) is 17.3 Å². The Morgan fingerprint density at radius 1 is 1.12 bits per heavy atom. The molecule has 1 aliphatic rings. The number of benzene rings is 2. The van der Waals surface area contributed by atoms with Gasteiger partial charge in [0.25, 0.3) is 5.91 Å². The molecule has 6 nitrogen and oxygen atoms in total. The number of ether oxygens (including phenoxy) is 2. The summed E-state index contributed by atoms with van der Waals surface area (Å²) in [4.78, 5) is 25.8. The van der Waals surface area contributed by atoms with Gasteiger partial charge in [-0.05, 0) is 49.2 Å². The van der Waals surface area contributed by atoms with Crippen molar-refractivity contribution in [2.45, 2.75) is 13.0 Å². The van der Waals surface area contributed by atoms with Crippen LogP contribution in [-0.2, 0) is 4.74 Å². The number of rotatable bonds is 5. The summed E-state index contributed by atoms with van der Waals surface area (Å²) in [6.07, 6.45) is -0.384. The first-order chi connectivity index (χ1) is 16.0. The first-order valence-corrected chi connectivity index (χ1v) is 10.5. The molecule has 4 rings (SSSR count). The number of Topliss-reactive ketones (excluding diaryl/α,β-unsaturated/α-hetero) is 1. The van der Waals surface area contributed by atoms with Crippen LogP contribution in [0.5, 0.6) is 5.75 Å². The van der Waals surface area contributed by atoms with Crippen LogP contribution in [0, 0.1) is 17.7 Å². The lowest BCUT2D eigenvalue weighted by Gasteiger charge is -2.32. The molecule has 1 aliphatic heterocycles. The van der Waals surface area contributed by atoms with E-state index in [4.69, 9.17) is 13.9 Å². The number of halogens is 1. The Morgan fingerprint density at radius 3 is 2.70 bits per heavy atom. The number of amides is 1. The van der Waals surface area contributed by atoms with Crippen LogP contribution < -0.4 is 4.74 Å². The molecular formula is C26H22FNO5. The van der Waals surface area contributed by atoms with Crippen molar-refractivity contribution in [1.29, 1.82) is 0 Å². The van der Waals surface area contributed by atoms with E-state index in [0.29, 0.717) is 25.5 Å². The molecule has 0 N–H and O–H groups in total. The second kappa shape index (κ2) is 10.2. The largest absolute Gasteiger partial charge is 0.491 e. The molecule has 1 aromatic heterocycles. The second-order valence-electron chi connectivity index (χ2n) is 7.53. The fourth-order valence-corrected chi connectivity index (χ4v) is 3.40. The Hall–Kier alpha value is -3.89. The fraction of sp³-hybridized carbons (Fsp3) is 0.231. The zero-order valence-electron chi connectivity index (χ0n) is 18.0. The summed E-state index contributed by atoms with van der Waals surface area (Å²) in [6, 6.07) is 16.9. The molecule has 0 saturated carbocycles. The zero-order chi connectivity index (χ0) is 23.2. The summed E-state index contributed by atoms with van der Waals surface area (Å²) in [6.45, 7) is 2.51. The lowest BCUT2D eigenvalue weighted by atomic mass is 10.1. The normalized spacial score (nSPS) is 15.5. The van der Waals surface area contributed by atoms with Crippen molar-refractivity contribution in [2.24, 2.45) is 0 Å². The molecule has 1 saturated heterocycles. The number of carbonyl (C=O) groups excluding carboxylic acids is 2. The van der Waals surface area contributed by atoms with Gasteiger partial charge >= 0.3 is 0 Å². The maximum Gasteiger partial charge on any atom is 0.289 e. The van der Waals surface area contributed by atoms with E-state index in [1.807, 2.05) is 30.3 Å². The average molecular weight is 447 g/mol. The van der Waals surface area contributed by atoms with Crippen molar-refractivity contribution in [2.75, 3.05) is 26.3 Å². The van der Waals surface area contributed by atoms with Crippen LogP contribution in [0.15, 0.2) is 65.1 Å². The number of carbonyl (C=O) groups is 2. The van der Waals surface area contributed by atoms with Gasteiger partial charge in [-0.25, -0.2) is 4.39 Å². The van der Waals surface area contributed by atoms with Crippen LogP contribution in [0.4, 0.5) is 4.39 Å². The van der Waals surface area contributed by atoms with Crippen molar-refractivity contribution in [3.8, 4) is 17.6 Å². The molecule has 3 aromatic rings. The Bertz CT molecular complexity index is 1210. The third-order valence-electron chi connectivity index (χ3n) is 5.10. The van der Waals surface area contributed by atoms with Crippen LogP contribution in [0.3, 0.4) is 0 Å². The summed E-state index contributed by atoms with van der Waals surface area (Å²) in [5.41, 5.74) is 0.868. The highest BCUT2D eigenvalue weighted by atomic mass is 19.1. The summed E-state index contributed by atoms with van der Waals surface area (Å²) in [5.74, 6) is 5.57. The van der Waals surface area contributed by atoms with Gasteiger partial charge in [0, 0.05) is 18.2 Å². The number of ketones is 1. The van der Waals surface area contributed by atoms with E-state index in [1.165, 1.54) is 25.1 Å². The first-order valence-electron chi connectivity index (χ1n) is 10.5. The summed E-state index contributed by atoms with van der Waals surface area (Å²) >= 11 is 0. The topological polar surface area (TPSA) is 69.0 Å². The lowest BCUT2D eigenvalue weighted by molar-refractivity contribution is -0.0408. The molecule has 2 aromatic carbocycles. The molecule has 1 fully saturated rings. The van der Waals surface area contributed by atoms with Crippen LogP contribution in [0.2, 0.25) is 0 Å². The molecular weight excluding hydrogens is 425 g/mol. The molecule has 1 amide bonds. The highest BCUT2D eigenvalue weighted by molar-refractivity contribution is 5.94. The van der Waals surface area contributed by atoms with E-state index in [0.717, 1.165) is 5.56 Å². The zero-order valence-corrected chi connectivity index (χ0v) is 18.0. The smallest absolute Gasteiger partial charge is 0.289 e. The van der Waals surface area contributed by atoms with E-state index in [1.54, 1.807) is 17.0 Å². The predicted molar refractivity (Wildman–Crippen MR) is 119 cm³/mol. The van der Waals surface area contributed by atoms with Gasteiger partial charge < -0.3 is 18.8 Å². The number of morpholine rings is 1. The van der Waals surface area contributed by atoms with Gasteiger partial charge in [-0.15, -0.1) is 0 Å². The standard InChI is InChI=1S/C26H22FNO5/c1-18(29)23-11-9-21(15-24(23)27)32-17-22-16-28(13-14-31-22)26(30)25-12-10-20(33-25)8-7-19-5-3-2-4-6-19/h2-6,9-12,15,22H,13-14,16-17H2,1H3. The minimum atomic E-state index is -0.634. The molecule has 0 bridgehead atoms. The number of hydrogen-bond donors (Lipinski definition) is 0. The maximum absolute atomic E-state index is 14.0. The summed E-state index contributed by atoms with van der Waals surface area (Å²) in [7, 11) is 0. The van der Waals surface area contributed by atoms with Crippen molar-refractivity contribution in [3.05, 3.63) is 89.1 Å². The van der Waals surface area contributed by atoms with E-state index in [-0.39, 0.29) is 41.5 Å². The summed E-state index contributed by atoms with van der Waals surface area (Å²) < 4.78 is 30.9. The minimum Gasteiger partial charge on any atom is -0.491 e. The van der Waals surface area contributed by atoms with Crippen molar-refractivity contribution in [1.82, 2.24) is 4.90 Å². The molecule has 1 unspecified atom stereocenters. The van der Waals surface area contributed by atoms with Gasteiger partial charge in [-0.1, -0.05) is 24.1 Å². The number of hydrogen-bond acceptors (Lipinski definition) is 5. The Morgan fingerprint density at radius 2 is 1.94 bits per heavy atom. The van der Waals surface area contributed by atoms with Crippen LogP contribution >= 0.6 is 0 Å². The van der Waals surface area contributed by atoms with Crippen LogP contribution in [-0.4, -0.2) is 49.0 Å². The Labute approximate surface area is 190 Å². The van der Waals surface area contributed by atoms with Gasteiger partial charge in [-0.3, -0.25) is 9.59 Å². The average Bonchev–Trinajstić information content (AvgIpc) is 3.31. The molecule has 168 valence electrons. The SMILES string of the molecule is CC(=O)c1ccc(OCC2CN(C(=O)c3ccc(C#Cc4ccccc4)o3)CCO2)cc1F. The molecule has 7 heteroatoms.